The van der Waals surface area contributed by atoms with Gasteiger partial charge in [-0.2, -0.15) is 0 Å². The Balaban J connectivity index is 2.13. The molecule has 1 fully saturated rings. The molecule has 0 aromatic heterocycles. The van der Waals surface area contributed by atoms with E-state index in [9.17, 15) is 14.4 Å². The summed E-state index contributed by atoms with van der Waals surface area (Å²) in [5.74, 6) is -0.488. The van der Waals surface area contributed by atoms with Crippen molar-refractivity contribution in [1.82, 2.24) is 10.2 Å². The van der Waals surface area contributed by atoms with Gasteiger partial charge in [-0.05, 0) is 18.4 Å². The van der Waals surface area contributed by atoms with Gasteiger partial charge in [0.1, 0.15) is 0 Å². The van der Waals surface area contributed by atoms with E-state index in [4.69, 9.17) is 0 Å². The Hall–Kier alpha value is -2.17. The minimum atomic E-state index is -1.40. The SMILES string of the molecule is CN1C(=O)N[C@](C=O)(CCc2ccccc2)C1=O. The number of amides is 3. The first-order valence-corrected chi connectivity index (χ1v) is 5.69. The summed E-state index contributed by atoms with van der Waals surface area (Å²) in [7, 11) is 1.37. The summed E-state index contributed by atoms with van der Waals surface area (Å²) in [6.45, 7) is 0. The minimum Gasteiger partial charge on any atom is -0.317 e. The van der Waals surface area contributed by atoms with Crippen molar-refractivity contribution < 1.29 is 14.4 Å². The van der Waals surface area contributed by atoms with E-state index in [2.05, 4.69) is 5.32 Å². The van der Waals surface area contributed by atoms with Gasteiger partial charge in [0.05, 0.1) is 0 Å². The Morgan fingerprint density at radius 3 is 2.44 bits per heavy atom. The Labute approximate surface area is 105 Å². The molecule has 1 aliphatic heterocycles. The summed E-state index contributed by atoms with van der Waals surface area (Å²) >= 11 is 0. The van der Waals surface area contributed by atoms with Crippen LogP contribution in [0.3, 0.4) is 0 Å². The highest BCUT2D eigenvalue weighted by molar-refractivity contribution is 6.15. The van der Waals surface area contributed by atoms with Gasteiger partial charge in [0.15, 0.2) is 11.8 Å². The van der Waals surface area contributed by atoms with Crippen LogP contribution >= 0.6 is 0 Å². The Morgan fingerprint density at radius 2 is 1.94 bits per heavy atom. The van der Waals surface area contributed by atoms with Crippen molar-refractivity contribution in [1.29, 1.82) is 0 Å². The molecular weight excluding hydrogens is 232 g/mol. The lowest BCUT2D eigenvalue weighted by Gasteiger charge is -2.19. The second-order valence-corrected chi connectivity index (χ2v) is 4.37. The fraction of sp³-hybridized carbons (Fsp3) is 0.308. The molecule has 1 heterocycles. The number of aldehydes is 1. The molecule has 1 aliphatic rings. The molecule has 1 N–H and O–H groups in total. The number of hydrogen-bond donors (Lipinski definition) is 1. The van der Waals surface area contributed by atoms with Gasteiger partial charge in [-0.3, -0.25) is 9.69 Å². The number of imide groups is 1. The van der Waals surface area contributed by atoms with Crippen LogP contribution in [0.15, 0.2) is 30.3 Å². The van der Waals surface area contributed by atoms with Crippen molar-refractivity contribution >= 4 is 18.2 Å². The molecule has 1 aromatic rings. The van der Waals surface area contributed by atoms with Crippen LogP contribution in [0.2, 0.25) is 0 Å². The molecule has 18 heavy (non-hydrogen) atoms. The lowest BCUT2D eigenvalue weighted by molar-refractivity contribution is -0.134. The molecule has 0 unspecified atom stereocenters. The fourth-order valence-corrected chi connectivity index (χ4v) is 2.01. The van der Waals surface area contributed by atoms with Gasteiger partial charge in [-0.15, -0.1) is 0 Å². The standard InChI is InChI=1S/C13H14N2O3/c1-15-11(17)13(9-16,14-12(15)18)8-7-10-5-3-2-4-6-10/h2-6,9H,7-8H2,1H3,(H,14,18)/t13-/m0/s1. The first kappa shape index (κ1) is 12.3. The second kappa shape index (κ2) is 4.60. The Bertz CT molecular complexity index is 486. The van der Waals surface area contributed by atoms with Crippen molar-refractivity contribution in [2.24, 2.45) is 0 Å². The average Bonchev–Trinajstić information content (AvgIpc) is 2.63. The highest BCUT2D eigenvalue weighted by Gasteiger charge is 2.49. The fourth-order valence-electron chi connectivity index (χ4n) is 2.01. The maximum atomic E-state index is 11.9. The first-order valence-electron chi connectivity index (χ1n) is 5.69. The third-order valence-corrected chi connectivity index (χ3v) is 3.17. The molecule has 3 amide bonds. The number of hydrogen-bond acceptors (Lipinski definition) is 3. The highest BCUT2D eigenvalue weighted by atomic mass is 16.2. The Kier molecular flexibility index (Phi) is 3.14. The van der Waals surface area contributed by atoms with E-state index in [0.29, 0.717) is 12.7 Å². The van der Waals surface area contributed by atoms with Crippen molar-refractivity contribution in [2.75, 3.05) is 7.05 Å². The zero-order valence-corrected chi connectivity index (χ0v) is 10.1. The van der Waals surface area contributed by atoms with Crippen LogP contribution in [0.1, 0.15) is 12.0 Å². The number of nitrogens with zero attached hydrogens (tertiary/aromatic N) is 1. The van der Waals surface area contributed by atoms with Crippen molar-refractivity contribution in [3.05, 3.63) is 35.9 Å². The molecule has 1 atom stereocenters. The maximum Gasteiger partial charge on any atom is 0.325 e. The van der Waals surface area contributed by atoms with E-state index in [1.54, 1.807) is 0 Å². The van der Waals surface area contributed by atoms with Crippen LogP contribution in [0.4, 0.5) is 4.79 Å². The number of likely N-dealkylation sites (N-methyl/N-ethyl adjacent to an activating group) is 1. The topological polar surface area (TPSA) is 66.5 Å². The van der Waals surface area contributed by atoms with Crippen LogP contribution in [0, 0.1) is 0 Å². The number of urea groups is 1. The second-order valence-electron chi connectivity index (χ2n) is 4.37. The summed E-state index contributed by atoms with van der Waals surface area (Å²) < 4.78 is 0. The van der Waals surface area contributed by atoms with Crippen LogP contribution in [0.5, 0.6) is 0 Å². The number of nitrogens with one attached hydrogen (secondary N) is 1. The summed E-state index contributed by atoms with van der Waals surface area (Å²) in [4.78, 5) is 35.4. The van der Waals surface area contributed by atoms with Crippen molar-refractivity contribution in [3.8, 4) is 0 Å². The van der Waals surface area contributed by atoms with Gasteiger partial charge >= 0.3 is 6.03 Å². The number of rotatable bonds is 4. The summed E-state index contributed by atoms with van der Waals surface area (Å²) in [6.07, 6.45) is 1.36. The van der Waals surface area contributed by atoms with Crippen molar-refractivity contribution in [2.45, 2.75) is 18.4 Å². The minimum absolute atomic E-state index is 0.273. The van der Waals surface area contributed by atoms with Crippen LogP contribution in [0.25, 0.3) is 0 Å². The number of aryl methyl sites for hydroxylation is 1. The number of benzene rings is 1. The molecule has 5 heteroatoms. The van der Waals surface area contributed by atoms with Gasteiger partial charge in [0.25, 0.3) is 5.91 Å². The molecule has 94 valence electrons. The normalized spacial score (nSPS) is 23.1. The third kappa shape index (κ3) is 1.99. The molecule has 2 rings (SSSR count). The highest BCUT2D eigenvalue weighted by Crippen LogP contribution is 2.20. The predicted molar refractivity (Wildman–Crippen MR) is 64.9 cm³/mol. The average molecular weight is 246 g/mol. The van der Waals surface area contributed by atoms with Crippen molar-refractivity contribution in [3.63, 3.8) is 0 Å². The van der Waals surface area contributed by atoms with E-state index in [-0.39, 0.29) is 6.42 Å². The monoisotopic (exact) mass is 246 g/mol. The largest absolute Gasteiger partial charge is 0.325 e. The third-order valence-electron chi connectivity index (χ3n) is 3.17. The quantitative estimate of drug-likeness (QED) is 0.484. The number of carbonyl (C=O) groups is 3. The molecule has 0 saturated carbocycles. The molecule has 0 aliphatic carbocycles. The molecule has 0 bridgehead atoms. The summed E-state index contributed by atoms with van der Waals surface area (Å²) in [5.41, 5.74) is -0.378. The van der Waals surface area contributed by atoms with Gasteiger partial charge < -0.3 is 10.1 Å². The van der Waals surface area contributed by atoms with E-state index in [1.807, 2.05) is 30.3 Å². The van der Waals surface area contributed by atoms with E-state index in [0.717, 1.165) is 10.5 Å². The smallest absolute Gasteiger partial charge is 0.317 e. The Morgan fingerprint density at radius 1 is 1.28 bits per heavy atom. The maximum absolute atomic E-state index is 11.9. The first-order chi connectivity index (χ1) is 8.59. The van der Waals surface area contributed by atoms with Crippen LogP contribution in [-0.4, -0.2) is 35.7 Å². The summed E-state index contributed by atoms with van der Waals surface area (Å²) in [5, 5.41) is 2.46. The van der Waals surface area contributed by atoms with E-state index < -0.39 is 17.5 Å². The van der Waals surface area contributed by atoms with Gasteiger partial charge in [0.2, 0.25) is 0 Å². The lowest BCUT2D eigenvalue weighted by atomic mass is 9.93. The van der Waals surface area contributed by atoms with Gasteiger partial charge in [-0.25, -0.2) is 4.79 Å². The van der Waals surface area contributed by atoms with Gasteiger partial charge in [-0.1, -0.05) is 30.3 Å². The summed E-state index contributed by atoms with van der Waals surface area (Å²) in [6, 6.07) is 9.00. The molecular formula is C13H14N2O3. The lowest BCUT2D eigenvalue weighted by Crippen LogP contribution is -2.48. The van der Waals surface area contributed by atoms with E-state index in [1.165, 1.54) is 7.05 Å². The molecule has 1 saturated heterocycles. The van der Waals surface area contributed by atoms with E-state index >= 15 is 0 Å². The van der Waals surface area contributed by atoms with Gasteiger partial charge in [0, 0.05) is 7.05 Å². The molecule has 0 radical (unpaired) electrons. The molecule has 0 spiro atoms. The number of carbonyl (C=O) groups excluding carboxylic acids is 3. The molecule has 1 aromatic carbocycles. The molecule has 5 nitrogen and oxygen atoms in total. The zero-order valence-electron chi connectivity index (χ0n) is 10.1. The zero-order chi connectivity index (χ0) is 13.2. The van der Waals surface area contributed by atoms with Crippen LogP contribution in [-0.2, 0) is 16.0 Å². The predicted octanol–water partition coefficient (Wildman–Crippen LogP) is 0.738. The van der Waals surface area contributed by atoms with Crippen LogP contribution < -0.4 is 5.32 Å².